The van der Waals surface area contributed by atoms with E-state index in [1.165, 1.54) is 20.2 Å². The smallest absolute Gasteiger partial charge is 0.333 e. The zero-order valence-corrected chi connectivity index (χ0v) is 16.3. The second kappa shape index (κ2) is 7.72. The van der Waals surface area contributed by atoms with Crippen LogP contribution < -0.4 is 9.47 Å². The molecule has 0 spiro atoms. The van der Waals surface area contributed by atoms with E-state index in [1.807, 2.05) is 38.1 Å². The third kappa shape index (κ3) is 3.31. The van der Waals surface area contributed by atoms with Gasteiger partial charge in [0.2, 0.25) is 0 Å². The Morgan fingerprint density at radius 1 is 0.893 bits per heavy atom. The molecule has 2 aromatic carbocycles. The fourth-order valence-electron chi connectivity index (χ4n) is 3.11. The molecule has 1 aliphatic heterocycles. The molecule has 7 heteroatoms. The maximum Gasteiger partial charge on any atom is 0.333 e. The Kier molecular flexibility index (Phi) is 5.35. The molecule has 2 aromatic rings. The van der Waals surface area contributed by atoms with Crippen molar-refractivity contribution in [1.82, 2.24) is 9.80 Å². The molecular weight excluding hydrogens is 360 g/mol. The number of benzene rings is 2. The molecule has 0 radical (unpaired) electrons. The van der Waals surface area contributed by atoms with E-state index in [2.05, 4.69) is 0 Å². The van der Waals surface area contributed by atoms with Gasteiger partial charge in [-0.1, -0.05) is 12.1 Å². The standard InChI is InChI=1S/C21H22N2O5/c1-5-27-14-9-7-13-8-10-18(28-6-2)16(15(13)11-14)12-17-19(24)22(3)21(26)23(4)20(17)25/h7-12H,5-6H2,1-4H3. The predicted molar refractivity (Wildman–Crippen MR) is 105 cm³/mol. The lowest BCUT2D eigenvalue weighted by atomic mass is 9.99. The van der Waals surface area contributed by atoms with Crippen LogP contribution in [0.2, 0.25) is 0 Å². The molecule has 0 aromatic heterocycles. The average Bonchev–Trinajstić information content (AvgIpc) is 2.69. The van der Waals surface area contributed by atoms with Crippen molar-refractivity contribution in [2.75, 3.05) is 27.3 Å². The van der Waals surface area contributed by atoms with E-state index < -0.39 is 17.8 Å². The first-order chi connectivity index (χ1) is 13.4. The number of carbonyl (C=O) groups is 3. The van der Waals surface area contributed by atoms with E-state index in [0.29, 0.717) is 30.3 Å². The summed E-state index contributed by atoms with van der Waals surface area (Å²) in [7, 11) is 2.70. The number of imide groups is 2. The van der Waals surface area contributed by atoms with Crippen molar-refractivity contribution in [3.05, 3.63) is 41.5 Å². The number of barbiturate groups is 1. The minimum Gasteiger partial charge on any atom is -0.494 e. The molecule has 0 N–H and O–H groups in total. The summed E-state index contributed by atoms with van der Waals surface area (Å²) in [4.78, 5) is 39.0. The molecule has 146 valence electrons. The summed E-state index contributed by atoms with van der Waals surface area (Å²) in [6.45, 7) is 4.69. The molecule has 1 fully saturated rings. The van der Waals surface area contributed by atoms with Gasteiger partial charge in [-0.2, -0.15) is 0 Å². The number of nitrogens with zero attached hydrogens (tertiary/aromatic N) is 2. The van der Waals surface area contributed by atoms with E-state index in [9.17, 15) is 14.4 Å². The number of fused-ring (bicyclic) bond motifs is 1. The number of carbonyl (C=O) groups excluding carboxylic acids is 3. The van der Waals surface area contributed by atoms with E-state index in [4.69, 9.17) is 9.47 Å². The highest BCUT2D eigenvalue weighted by molar-refractivity contribution is 6.31. The zero-order chi connectivity index (χ0) is 20.4. The number of hydrogen-bond donors (Lipinski definition) is 0. The van der Waals surface area contributed by atoms with Crippen LogP contribution in [0.15, 0.2) is 35.9 Å². The molecule has 7 nitrogen and oxygen atoms in total. The first kappa shape index (κ1) is 19.4. The Morgan fingerprint density at radius 2 is 1.50 bits per heavy atom. The van der Waals surface area contributed by atoms with Crippen molar-refractivity contribution in [2.45, 2.75) is 13.8 Å². The number of hydrogen-bond acceptors (Lipinski definition) is 5. The Labute approximate surface area is 163 Å². The summed E-state index contributed by atoms with van der Waals surface area (Å²) in [6.07, 6.45) is 1.49. The van der Waals surface area contributed by atoms with Gasteiger partial charge in [-0.3, -0.25) is 19.4 Å². The third-order valence-electron chi connectivity index (χ3n) is 4.54. The van der Waals surface area contributed by atoms with Crippen molar-refractivity contribution in [1.29, 1.82) is 0 Å². The van der Waals surface area contributed by atoms with Crippen LogP contribution in [-0.4, -0.2) is 55.0 Å². The normalized spacial score (nSPS) is 14.7. The highest BCUT2D eigenvalue weighted by Crippen LogP contribution is 2.33. The van der Waals surface area contributed by atoms with Gasteiger partial charge in [0.25, 0.3) is 11.8 Å². The largest absolute Gasteiger partial charge is 0.494 e. The van der Waals surface area contributed by atoms with Gasteiger partial charge in [-0.15, -0.1) is 0 Å². The number of ether oxygens (including phenoxy) is 2. The highest BCUT2D eigenvalue weighted by Gasteiger charge is 2.38. The molecule has 1 saturated heterocycles. The monoisotopic (exact) mass is 382 g/mol. The molecule has 1 heterocycles. The Hall–Kier alpha value is -3.35. The summed E-state index contributed by atoms with van der Waals surface area (Å²) in [5, 5.41) is 1.69. The first-order valence-electron chi connectivity index (χ1n) is 9.03. The maximum atomic E-state index is 12.6. The van der Waals surface area contributed by atoms with Crippen molar-refractivity contribution in [3.63, 3.8) is 0 Å². The molecule has 0 unspecified atom stereocenters. The Balaban J connectivity index is 2.24. The van der Waals surface area contributed by atoms with Crippen LogP contribution in [-0.2, 0) is 9.59 Å². The van der Waals surface area contributed by atoms with Crippen LogP contribution in [0.5, 0.6) is 11.5 Å². The van der Waals surface area contributed by atoms with Crippen LogP contribution in [0.1, 0.15) is 19.4 Å². The SMILES string of the molecule is CCOc1ccc2ccc(OCC)c(C=C3C(=O)N(C)C(=O)N(C)C3=O)c2c1. The van der Waals surface area contributed by atoms with Crippen LogP contribution in [0.4, 0.5) is 4.79 Å². The maximum absolute atomic E-state index is 12.6. The summed E-state index contributed by atoms with van der Waals surface area (Å²) in [5.41, 5.74) is 0.494. The first-order valence-corrected chi connectivity index (χ1v) is 9.03. The fourth-order valence-corrected chi connectivity index (χ4v) is 3.11. The number of rotatable bonds is 5. The molecule has 3 rings (SSSR count). The molecule has 0 bridgehead atoms. The molecule has 28 heavy (non-hydrogen) atoms. The van der Waals surface area contributed by atoms with Crippen LogP contribution in [0.3, 0.4) is 0 Å². The predicted octanol–water partition coefficient (Wildman–Crippen LogP) is 3.07. The lowest BCUT2D eigenvalue weighted by molar-refractivity contribution is -0.134. The van der Waals surface area contributed by atoms with Crippen molar-refractivity contribution < 1.29 is 23.9 Å². The van der Waals surface area contributed by atoms with E-state index in [0.717, 1.165) is 20.6 Å². The van der Waals surface area contributed by atoms with Gasteiger partial charge in [0.05, 0.1) is 13.2 Å². The second-order valence-corrected chi connectivity index (χ2v) is 6.30. The van der Waals surface area contributed by atoms with E-state index in [1.54, 1.807) is 6.07 Å². The quantitative estimate of drug-likeness (QED) is 0.587. The molecule has 0 aliphatic carbocycles. The second-order valence-electron chi connectivity index (χ2n) is 6.30. The van der Waals surface area contributed by atoms with Crippen LogP contribution in [0, 0.1) is 0 Å². The average molecular weight is 382 g/mol. The molecule has 0 saturated carbocycles. The van der Waals surface area contributed by atoms with Crippen LogP contribution >= 0.6 is 0 Å². The van der Waals surface area contributed by atoms with Gasteiger partial charge in [-0.05, 0) is 48.9 Å². The van der Waals surface area contributed by atoms with Gasteiger partial charge in [0.15, 0.2) is 0 Å². The molecule has 0 atom stereocenters. The number of likely N-dealkylation sites (N-methyl/N-ethyl adjacent to an activating group) is 2. The summed E-state index contributed by atoms with van der Waals surface area (Å²) in [5.74, 6) is -0.0741. The summed E-state index contributed by atoms with van der Waals surface area (Å²) in [6, 6.07) is 8.67. The Morgan fingerprint density at radius 3 is 2.11 bits per heavy atom. The number of urea groups is 1. The lowest BCUT2D eigenvalue weighted by Gasteiger charge is -2.29. The summed E-state index contributed by atoms with van der Waals surface area (Å²) < 4.78 is 11.3. The van der Waals surface area contributed by atoms with Crippen molar-refractivity contribution >= 4 is 34.7 Å². The minimum absolute atomic E-state index is 0.0973. The van der Waals surface area contributed by atoms with Gasteiger partial charge >= 0.3 is 6.03 Å². The van der Waals surface area contributed by atoms with Gasteiger partial charge < -0.3 is 9.47 Å². The van der Waals surface area contributed by atoms with Gasteiger partial charge in [0, 0.05) is 19.7 Å². The molecule has 1 aliphatic rings. The third-order valence-corrected chi connectivity index (χ3v) is 4.54. The van der Waals surface area contributed by atoms with Crippen molar-refractivity contribution in [2.24, 2.45) is 0 Å². The van der Waals surface area contributed by atoms with Gasteiger partial charge in [0.1, 0.15) is 17.1 Å². The minimum atomic E-state index is -0.659. The van der Waals surface area contributed by atoms with E-state index in [-0.39, 0.29) is 5.57 Å². The van der Waals surface area contributed by atoms with E-state index >= 15 is 0 Å². The molecule has 4 amide bonds. The molecular formula is C21H22N2O5. The van der Waals surface area contributed by atoms with Gasteiger partial charge in [-0.25, -0.2) is 4.79 Å². The Bertz CT molecular complexity index is 964. The topological polar surface area (TPSA) is 76.2 Å². The summed E-state index contributed by atoms with van der Waals surface area (Å²) >= 11 is 0. The fraction of sp³-hybridized carbons (Fsp3) is 0.286. The zero-order valence-electron chi connectivity index (χ0n) is 16.3. The highest BCUT2D eigenvalue weighted by atomic mass is 16.5. The lowest BCUT2D eigenvalue weighted by Crippen LogP contribution is -2.52. The van der Waals surface area contributed by atoms with Crippen molar-refractivity contribution in [3.8, 4) is 11.5 Å². The number of amides is 4. The van der Waals surface area contributed by atoms with Crippen LogP contribution in [0.25, 0.3) is 16.8 Å².